The van der Waals surface area contributed by atoms with Crippen LogP contribution in [0.2, 0.25) is 0 Å². The summed E-state index contributed by atoms with van der Waals surface area (Å²) in [6.45, 7) is 5.36. The van der Waals surface area contributed by atoms with Gasteiger partial charge in [-0.2, -0.15) is 0 Å². The first-order chi connectivity index (χ1) is 8.67. The van der Waals surface area contributed by atoms with Gasteiger partial charge in [-0.3, -0.25) is 4.79 Å². The maximum absolute atomic E-state index is 11.4. The van der Waals surface area contributed by atoms with Crippen LogP contribution in [0.15, 0.2) is 17.5 Å². The van der Waals surface area contributed by atoms with Crippen molar-refractivity contribution in [3.63, 3.8) is 0 Å². The number of methoxy groups -OCH3 is 1. The van der Waals surface area contributed by atoms with Gasteiger partial charge in [-0.25, -0.2) is 0 Å². The summed E-state index contributed by atoms with van der Waals surface area (Å²) in [6, 6.07) is 4.20. The van der Waals surface area contributed by atoms with Crippen molar-refractivity contribution in [1.82, 2.24) is 5.32 Å². The molecule has 0 fully saturated rings. The van der Waals surface area contributed by atoms with Crippen molar-refractivity contribution < 1.29 is 14.3 Å². The largest absolute Gasteiger partial charge is 0.469 e. The first-order valence-corrected chi connectivity index (χ1v) is 6.99. The number of ether oxygens (including phenoxy) is 2. The molecule has 2 atom stereocenters. The second-order valence-electron chi connectivity index (χ2n) is 4.08. The molecule has 0 aromatic carbocycles. The fourth-order valence-electron chi connectivity index (χ4n) is 1.67. The third kappa shape index (κ3) is 5.16. The van der Waals surface area contributed by atoms with E-state index in [1.165, 1.54) is 7.11 Å². The van der Waals surface area contributed by atoms with Gasteiger partial charge in [0.25, 0.3) is 0 Å². The quantitative estimate of drug-likeness (QED) is 0.737. The average Bonchev–Trinajstić information content (AvgIpc) is 2.89. The van der Waals surface area contributed by atoms with Gasteiger partial charge in [-0.15, -0.1) is 11.3 Å². The van der Waals surface area contributed by atoms with E-state index < -0.39 is 0 Å². The monoisotopic (exact) mass is 271 g/mol. The normalized spacial score (nSPS) is 14.2. The lowest BCUT2D eigenvalue weighted by Gasteiger charge is -2.21. The van der Waals surface area contributed by atoms with E-state index in [0.717, 1.165) is 4.88 Å². The summed E-state index contributed by atoms with van der Waals surface area (Å²) in [4.78, 5) is 12.6. The lowest BCUT2D eigenvalue weighted by atomic mass is 10.1. The van der Waals surface area contributed by atoms with Crippen LogP contribution in [0.25, 0.3) is 0 Å². The Morgan fingerprint density at radius 1 is 1.56 bits per heavy atom. The molecule has 0 bridgehead atoms. The topological polar surface area (TPSA) is 47.6 Å². The van der Waals surface area contributed by atoms with Gasteiger partial charge in [0.1, 0.15) is 0 Å². The van der Waals surface area contributed by atoms with Crippen molar-refractivity contribution >= 4 is 17.3 Å². The van der Waals surface area contributed by atoms with Crippen LogP contribution in [-0.4, -0.2) is 32.3 Å². The van der Waals surface area contributed by atoms with Gasteiger partial charge in [-0.05, 0) is 25.3 Å². The summed E-state index contributed by atoms with van der Waals surface area (Å²) >= 11 is 1.64. The molecular weight excluding hydrogens is 250 g/mol. The van der Waals surface area contributed by atoms with Crippen LogP contribution in [0.5, 0.6) is 0 Å². The Balaban J connectivity index is 2.57. The van der Waals surface area contributed by atoms with E-state index in [1.807, 2.05) is 31.4 Å². The van der Waals surface area contributed by atoms with E-state index in [2.05, 4.69) is 5.32 Å². The first kappa shape index (κ1) is 15.1. The second-order valence-corrected chi connectivity index (χ2v) is 5.05. The fourth-order valence-corrected chi connectivity index (χ4v) is 2.45. The third-order valence-electron chi connectivity index (χ3n) is 2.54. The molecule has 0 radical (unpaired) electrons. The van der Waals surface area contributed by atoms with Crippen molar-refractivity contribution in [2.24, 2.45) is 0 Å². The van der Waals surface area contributed by atoms with Gasteiger partial charge in [0.05, 0.1) is 26.2 Å². The van der Waals surface area contributed by atoms with Crippen LogP contribution in [0.1, 0.15) is 31.2 Å². The zero-order chi connectivity index (χ0) is 13.4. The van der Waals surface area contributed by atoms with Crippen molar-refractivity contribution in [1.29, 1.82) is 0 Å². The predicted molar refractivity (Wildman–Crippen MR) is 72.8 cm³/mol. The van der Waals surface area contributed by atoms with Gasteiger partial charge in [-0.1, -0.05) is 6.07 Å². The second kappa shape index (κ2) is 8.24. The van der Waals surface area contributed by atoms with Crippen LogP contribution in [0.3, 0.4) is 0 Å². The number of rotatable bonds is 8. The highest BCUT2D eigenvalue weighted by Gasteiger charge is 2.19. The molecule has 0 aliphatic carbocycles. The zero-order valence-electron chi connectivity index (χ0n) is 11.1. The smallest absolute Gasteiger partial charge is 0.307 e. The number of carbonyl (C=O) groups excluding carboxylic acids is 1. The molecule has 1 aromatic heterocycles. The minimum Gasteiger partial charge on any atom is -0.469 e. The highest BCUT2D eigenvalue weighted by Crippen LogP contribution is 2.23. The summed E-state index contributed by atoms with van der Waals surface area (Å²) in [6.07, 6.45) is 0.341. The van der Waals surface area contributed by atoms with Crippen LogP contribution < -0.4 is 5.32 Å². The molecule has 2 unspecified atom stereocenters. The van der Waals surface area contributed by atoms with Crippen molar-refractivity contribution in [2.75, 3.05) is 20.3 Å². The van der Waals surface area contributed by atoms with E-state index in [9.17, 15) is 4.79 Å². The lowest BCUT2D eigenvalue weighted by molar-refractivity contribution is -0.141. The third-order valence-corrected chi connectivity index (χ3v) is 3.53. The Kier molecular flexibility index (Phi) is 6.93. The summed E-state index contributed by atoms with van der Waals surface area (Å²) < 4.78 is 10.1. The minimum absolute atomic E-state index is 0.00657. The SMILES string of the molecule is CCOCC(C)NC(CC(=O)OC)c1cccs1. The number of hydrogen-bond acceptors (Lipinski definition) is 5. The number of esters is 1. The summed E-state index contributed by atoms with van der Waals surface area (Å²) in [5.41, 5.74) is 0. The molecule has 1 N–H and O–H groups in total. The van der Waals surface area contributed by atoms with E-state index in [4.69, 9.17) is 9.47 Å². The van der Waals surface area contributed by atoms with Crippen LogP contribution in [-0.2, 0) is 14.3 Å². The molecule has 0 amide bonds. The Morgan fingerprint density at radius 3 is 2.89 bits per heavy atom. The molecule has 102 valence electrons. The Morgan fingerprint density at radius 2 is 2.33 bits per heavy atom. The Bertz CT molecular complexity index is 340. The molecule has 1 aromatic rings. The van der Waals surface area contributed by atoms with Gasteiger partial charge >= 0.3 is 5.97 Å². The van der Waals surface area contributed by atoms with E-state index in [-0.39, 0.29) is 18.1 Å². The number of thiophene rings is 1. The number of nitrogens with one attached hydrogen (secondary N) is 1. The maximum atomic E-state index is 11.4. The van der Waals surface area contributed by atoms with Crippen molar-refractivity contribution in [3.8, 4) is 0 Å². The first-order valence-electron chi connectivity index (χ1n) is 6.11. The van der Waals surface area contributed by atoms with E-state index in [0.29, 0.717) is 19.6 Å². The summed E-state index contributed by atoms with van der Waals surface area (Å²) in [7, 11) is 1.41. The van der Waals surface area contributed by atoms with Gasteiger partial charge < -0.3 is 14.8 Å². The van der Waals surface area contributed by atoms with Gasteiger partial charge in [0.15, 0.2) is 0 Å². The van der Waals surface area contributed by atoms with Crippen LogP contribution in [0, 0.1) is 0 Å². The molecular formula is C13H21NO3S. The number of hydrogen-bond donors (Lipinski definition) is 1. The van der Waals surface area contributed by atoms with Crippen LogP contribution in [0.4, 0.5) is 0 Å². The molecule has 0 saturated heterocycles. The molecule has 0 spiro atoms. The molecule has 0 aliphatic heterocycles. The molecule has 1 heterocycles. The lowest BCUT2D eigenvalue weighted by Crippen LogP contribution is -2.35. The summed E-state index contributed by atoms with van der Waals surface area (Å²) in [5, 5.41) is 5.41. The van der Waals surface area contributed by atoms with Gasteiger partial charge in [0, 0.05) is 17.5 Å². The molecule has 18 heavy (non-hydrogen) atoms. The highest BCUT2D eigenvalue weighted by atomic mass is 32.1. The average molecular weight is 271 g/mol. The minimum atomic E-state index is -0.204. The highest BCUT2D eigenvalue weighted by molar-refractivity contribution is 7.10. The maximum Gasteiger partial charge on any atom is 0.307 e. The molecule has 1 rings (SSSR count). The van der Waals surface area contributed by atoms with Crippen molar-refractivity contribution in [3.05, 3.63) is 22.4 Å². The Labute approximate surface area is 112 Å². The number of carbonyl (C=O) groups is 1. The molecule has 0 aliphatic rings. The Hall–Kier alpha value is -0.910. The molecule has 0 saturated carbocycles. The van der Waals surface area contributed by atoms with Crippen molar-refractivity contribution in [2.45, 2.75) is 32.4 Å². The summed E-state index contributed by atoms with van der Waals surface area (Å²) in [5.74, 6) is -0.204. The molecule has 5 heteroatoms. The fraction of sp³-hybridized carbons (Fsp3) is 0.615. The van der Waals surface area contributed by atoms with E-state index >= 15 is 0 Å². The molecule has 4 nitrogen and oxygen atoms in total. The zero-order valence-corrected chi connectivity index (χ0v) is 12.0. The van der Waals surface area contributed by atoms with Gasteiger partial charge in [0.2, 0.25) is 0 Å². The predicted octanol–water partition coefficient (Wildman–Crippen LogP) is 2.37. The van der Waals surface area contributed by atoms with Crippen LogP contribution >= 0.6 is 11.3 Å². The van der Waals surface area contributed by atoms with E-state index in [1.54, 1.807) is 11.3 Å². The standard InChI is InChI=1S/C13H21NO3S/c1-4-17-9-10(2)14-11(8-13(15)16-3)12-6-5-7-18-12/h5-7,10-11,14H,4,8-9H2,1-3H3.